The standard InChI is InChI=1S/C16H21N3O2/c1-3-14-11-18(2)7-4-8-19(14)15-6-5-12(16(20)21)9-13(15)10-17/h5-6,9,14H,3-4,7-8,11H2,1-2H3,(H,20,21). The van der Waals surface area contributed by atoms with Crippen LogP contribution in [0.1, 0.15) is 35.7 Å². The third kappa shape index (κ3) is 3.34. The lowest BCUT2D eigenvalue weighted by Gasteiger charge is -2.33. The van der Waals surface area contributed by atoms with Crippen LogP contribution in [0.5, 0.6) is 0 Å². The van der Waals surface area contributed by atoms with Crippen LogP contribution in [0.4, 0.5) is 5.69 Å². The molecule has 5 heteroatoms. The Bertz CT molecular complexity index is 565. The number of hydrogen-bond acceptors (Lipinski definition) is 4. The maximum atomic E-state index is 11.0. The number of benzene rings is 1. The van der Waals surface area contributed by atoms with Crippen molar-refractivity contribution in [2.45, 2.75) is 25.8 Å². The van der Waals surface area contributed by atoms with E-state index in [2.05, 4.69) is 29.8 Å². The lowest BCUT2D eigenvalue weighted by molar-refractivity contribution is 0.0697. The highest BCUT2D eigenvalue weighted by Crippen LogP contribution is 2.26. The fourth-order valence-electron chi connectivity index (χ4n) is 2.92. The summed E-state index contributed by atoms with van der Waals surface area (Å²) in [6.07, 6.45) is 2.04. The van der Waals surface area contributed by atoms with E-state index in [0.717, 1.165) is 38.2 Å². The summed E-state index contributed by atoms with van der Waals surface area (Å²) in [6.45, 7) is 5.04. The minimum Gasteiger partial charge on any atom is -0.478 e. The van der Waals surface area contributed by atoms with E-state index in [4.69, 9.17) is 5.11 Å². The number of nitriles is 1. The highest BCUT2D eigenvalue weighted by molar-refractivity contribution is 5.89. The zero-order chi connectivity index (χ0) is 15.4. The summed E-state index contributed by atoms with van der Waals surface area (Å²) in [5.41, 5.74) is 1.46. The second-order valence-electron chi connectivity index (χ2n) is 5.52. The van der Waals surface area contributed by atoms with Crippen LogP contribution in [0.15, 0.2) is 18.2 Å². The van der Waals surface area contributed by atoms with Gasteiger partial charge in [0.05, 0.1) is 16.8 Å². The SMILES string of the molecule is CCC1CN(C)CCCN1c1ccc(C(=O)O)cc1C#N. The zero-order valence-electron chi connectivity index (χ0n) is 12.5. The van der Waals surface area contributed by atoms with E-state index in [9.17, 15) is 10.1 Å². The molecule has 1 aromatic rings. The molecule has 0 bridgehead atoms. The van der Waals surface area contributed by atoms with Gasteiger partial charge in [0, 0.05) is 19.1 Å². The summed E-state index contributed by atoms with van der Waals surface area (Å²) in [4.78, 5) is 15.6. The van der Waals surface area contributed by atoms with Gasteiger partial charge in [0.25, 0.3) is 0 Å². The molecule has 5 nitrogen and oxygen atoms in total. The molecule has 0 saturated carbocycles. The van der Waals surface area contributed by atoms with E-state index in [1.54, 1.807) is 12.1 Å². The number of carboxylic acids is 1. The van der Waals surface area contributed by atoms with Gasteiger partial charge < -0.3 is 14.9 Å². The Hall–Kier alpha value is -2.06. The highest BCUT2D eigenvalue weighted by atomic mass is 16.4. The molecule has 1 N–H and O–H groups in total. The smallest absolute Gasteiger partial charge is 0.335 e. The molecule has 1 aliphatic rings. The number of carboxylic acid groups (broad SMARTS) is 1. The Morgan fingerprint density at radius 2 is 2.24 bits per heavy atom. The van der Waals surface area contributed by atoms with Crippen LogP contribution in [0, 0.1) is 11.3 Å². The van der Waals surface area contributed by atoms with Crippen molar-refractivity contribution < 1.29 is 9.90 Å². The first kappa shape index (κ1) is 15.3. The Kier molecular flexibility index (Phi) is 4.81. The fourth-order valence-corrected chi connectivity index (χ4v) is 2.92. The molecule has 1 heterocycles. The van der Waals surface area contributed by atoms with E-state index in [0.29, 0.717) is 11.6 Å². The molecule has 0 spiro atoms. The zero-order valence-corrected chi connectivity index (χ0v) is 12.5. The summed E-state index contributed by atoms with van der Waals surface area (Å²) >= 11 is 0. The highest BCUT2D eigenvalue weighted by Gasteiger charge is 2.24. The topological polar surface area (TPSA) is 67.6 Å². The van der Waals surface area contributed by atoms with Gasteiger partial charge in [0.15, 0.2) is 0 Å². The Morgan fingerprint density at radius 3 is 2.86 bits per heavy atom. The van der Waals surface area contributed by atoms with E-state index >= 15 is 0 Å². The summed E-state index contributed by atoms with van der Waals surface area (Å²) in [5, 5.41) is 18.4. The second kappa shape index (κ2) is 6.59. The number of nitrogens with zero attached hydrogens (tertiary/aromatic N) is 3. The van der Waals surface area contributed by atoms with Gasteiger partial charge in [0.2, 0.25) is 0 Å². The molecule has 112 valence electrons. The van der Waals surface area contributed by atoms with Gasteiger partial charge in [-0.2, -0.15) is 5.26 Å². The first-order chi connectivity index (χ1) is 10.1. The van der Waals surface area contributed by atoms with Gasteiger partial charge in [0.1, 0.15) is 6.07 Å². The van der Waals surface area contributed by atoms with Crippen molar-refractivity contribution in [3.8, 4) is 6.07 Å². The number of rotatable bonds is 3. The van der Waals surface area contributed by atoms with E-state index in [1.165, 1.54) is 6.07 Å². The first-order valence-electron chi connectivity index (χ1n) is 7.29. The van der Waals surface area contributed by atoms with Crippen LogP contribution in [-0.2, 0) is 0 Å². The molecule has 0 radical (unpaired) electrons. The monoisotopic (exact) mass is 287 g/mol. The Morgan fingerprint density at radius 1 is 1.48 bits per heavy atom. The number of aromatic carboxylic acids is 1. The molecule has 1 aliphatic heterocycles. The maximum Gasteiger partial charge on any atom is 0.335 e. The molecular weight excluding hydrogens is 266 g/mol. The second-order valence-corrected chi connectivity index (χ2v) is 5.52. The Labute approximate surface area is 125 Å². The third-order valence-electron chi connectivity index (χ3n) is 4.05. The number of anilines is 1. The van der Waals surface area contributed by atoms with Crippen LogP contribution >= 0.6 is 0 Å². The predicted molar refractivity (Wildman–Crippen MR) is 81.7 cm³/mol. The average molecular weight is 287 g/mol. The van der Waals surface area contributed by atoms with Crippen LogP contribution in [-0.4, -0.2) is 48.7 Å². The molecule has 1 unspecified atom stereocenters. The number of hydrogen-bond donors (Lipinski definition) is 1. The average Bonchev–Trinajstić information content (AvgIpc) is 2.67. The largest absolute Gasteiger partial charge is 0.478 e. The number of likely N-dealkylation sites (N-methyl/N-ethyl adjacent to an activating group) is 1. The van der Waals surface area contributed by atoms with Crippen molar-refractivity contribution in [3.05, 3.63) is 29.3 Å². The molecule has 0 amide bonds. The van der Waals surface area contributed by atoms with Crippen LogP contribution in [0.25, 0.3) is 0 Å². The van der Waals surface area contributed by atoms with Crippen LogP contribution in [0.2, 0.25) is 0 Å². The van der Waals surface area contributed by atoms with E-state index in [1.807, 2.05) is 0 Å². The third-order valence-corrected chi connectivity index (χ3v) is 4.05. The Balaban J connectivity index is 2.39. The molecule has 1 atom stereocenters. The molecule has 1 aromatic carbocycles. The van der Waals surface area contributed by atoms with Crippen LogP contribution < -0.4 is 4.90 Å². The summed E-state index contributed by atoms with van der Waals surface area (Å²) < 4.78 is 0. The van der Waals surface area contributed by atoms with Crippen molar-refractivity contribution in [3.63, 3.8) is 0 Å². The van der Waals surface area contributed by atoms with Gasteiger partial charge >= 0.3 is 5.97 Å². The predicted octanol–water partition coefficient (Wildman–Crippen LogP) is 2.18. The van der Waals surface area contributed by atoms with Gasteiger partial charge in [-0.05, 0) is 44.6 Å². The lowest BCUT2D eigenvalue weighted by Crippen LogP contribution is -2.40. The summed E-state index contributed by atoms with van der Waals surface area (Å²) in [6, 6.07) is 7.32. The maximum absolute atomic E-state index is 11.0. The summed E-state index contributed by atoms with van der Waals surface area (Å²) in [7, 11) is 2.12. The van der Waals surface area contributed by atoms with Crippen molar-refractivity contribution in [2.75, 3.05) is 31.6 Å². The van der Waals surface area contributed by atoms with E-state index in [-0.39, 0.29) is 5.56 Å². The van der Waals surface area contributed by atoms with Crippen molar-refractivity contribution in [1.29, 1.82) is 5.26 Å². The van der Waals surface area contributed by atoms with Gasteiger partial charge in [-0.15, -0.1) is 0 Å². The number of carbonyl (C=O) groups is 1. The van der Waals surface area contributed by atoms with Gasteiger partial charge in [-0.3, -0.25) is 0 Å². The molecule has 21 heavy (non-hydrogen) atoms. The lowest BCUT2D eigenvalue weighted by atomic mass is 10.1. The first-order valence-corrected chi connectivity index (χ1v) is 7.29. The van der Waals surface area contributed by atoms with Crippen molar-refractivity contribution >= 4 is 11.7 Å². The summed E-state index contributed by atoms with van der Waals surface area (Å²) in [5.74, 6) is -0.999. The molecule has 1 fully saturated rings. The van der Waals surface area contributed by atoms with Gasteiger partial charge in [-0.25, -0.2) is 4.79 Å². The molecular formula is C16H21N3O2. The molecule has 0 aliphatic carbocycles. The van der Waals surface area contributed by atoms with Gasteiger partial charge in [-0.1, -0.05) is 6.92 Å². The van der Waals surface area contributed by atoms with Crippen molar-refractivity contribution in [1.82, 2.24) is 4.90 Å². The minimum absolute atomic E-state index is 0.162. The quantitative estimate of drug-likeness (QED) is 0.923. The van der Waals surface area contributed by atoms with Crippen molar-refractivity contribution in [2.24, 2.45) is 0 Å². The molecule has 2 rings (SSSR count). The molecule has 1 saturated heterocycles. The molecule has 0 aromatic heterocycles. The van der Waals surface area contributed by atoms with E-state index < -0.39 is 5.97 Å². The van der Waals surface area contributed by atoms with Crippen LogP contribution in [0.3, 0.4) is 0 Å². The normalized spacial score (nSPS) is 19.9. The fraction of sp³-hybridized carbons (Fsp3) is 0.500. The minimum atomic E-state index is -0.999.